The van der Waals surface area contributed by atoms with Gasteiger partial charge in [0.15, 0.2) is 0 Å². The van der Waals surface area contributed by atoms with Crippen molar-refractivity contribution in [3.8, 4) is 0 Å². The van der Waals surface area contributed by atoms with Gasteiger partial charge in [0.05, 0.1) is 16.8 Å². The van der Waals surface area contributed by atoms with E-state index in [0.29, 0.717) is 30.2 Å². The topological polar surface area (TPSA) is 52.6 Å². The number of rotatable bonds is 1. The van der Waals surface area contributed by atoms with Crippen LogP contribution in [0.3, 0.4) is 0 Å². The second kappa shape index (κ2) is 4.94. The van der Waals surface area contributed by atoms with Gasteiger partial charge < -0.3 is 15.3 Å². The first kappa shape index (κ1) is 12.2. The van der Waals surface area contributed by atoms with Gasteiger partial charge in [0, 0.05) is 13.1 Å². The Morgan fingerprint density at radius 2 is 2.35 bits per heavy atom. The number of hydrogen-bond donors (Lipinski definition) is 2. The minimum atomic E-state index is -0.409. The average molecular weight is 255 g/mol. The molecule has 92 valence electrons. The van der Waals surface area contributed by atoms with Gasteiger partial charge in [-0.05, 0) is 31.0 Å². The highest BCUT2D eigenvalue weighted by Crippen LogP contribution is 2.23. The quantitative estimate of drug-likeness (QED) is 0.808. The Morgan fingerprint density at radius 3 is 3.00 bits per heavy atom. The van der Waals surface area contributed by atoms with Crippen LogP contribution in [0.1, 0.15) is 12.0 Å². The van der Waals surface area contributed by atoms with Crippen molar-refractivity contribution in [1.82, 2.24) is 4.90 Å². The molecular formula is C12H15ClN2O2. The molecule has 1 aliphatic heterocycles. The number of likely N-dealkylation sites (tertiary alicyclic amines) is 1. The van der Waals surface area contributed by atoms with Crippen molar-refractivity contribution in [3.05, 3.63) is 28.8 Å². The molecule has 2 amide bonds. The molecule has 1 aromatic rings. The lowest BCUT2D eigenvalue weighted by atomic mass is 10.2. The molecule has 5 heteroatoms. The third kappa shape index (κ3) is 2.90. The summed E-state index contributed by atoms with van der Waals surface area (Å²) in [7, 11) is 0. The fourth-order valence-corrected chi connectivity index (χ4v) is 2.02. The molecule has 1 aromatic carbocycles. The van der Waals surface area contributed by atoms with E-state index in [1.54, 1.807) is 11.0 Å². The molecule has 0 aliphatic carbocycles. The fraction of sp³-hybridized carbons (Fsp3) is 0.417. The maximum Gasteiger partial charge on any atom is 0.321 e. The Morgan fingerprint density at radius 1 is 1.59 bits per heavy atom. The Labute approximate surface area is 105 Å². The number of hydrogen-bond acceptors (Lipinski definition) is 2. The molecule has 0 bridgehead atoms. The lowest BCUT2D eigenvalue weighted by molar-refractivity contribution is 0.176. The number of aliphatic hydroxyl groups is 1. The van der Waals surface area contributed by atoms with Crippen LogP contribution in [-0.4, -0.2) is 35.2 Å². The lowest BCUT2D eigenvalue weighted by Gasteiger charge is -2.17. The Balaban J connectivity index is 2.05. The average Bonchev–Trinajstić information content (AvgIpc) is 2.70. The van der Waals surface area contributed by atoms with Crippen molar-refractivity contribution in [2.24, 2.45) is 0 Å². The van der Waals surface area contributed by atoms with Gasteiger partial charge >= 0.3 is 6.03 Å². The third-order valence-corrected chi connectivity index (χ3v) is 3.14. The zero-order valence-electron chi connectivity index (χ0n) is 9.61. The van der Waals surface area contributed by atoms with Gasteiger partial charge in [-0.1, -0.05) is 17.7 Å². The summed E-state index contributed by atoms with van der Waals surface area (Å²) in [5.74, 6) is 0. The summed E-state index contributed by atoms with van der Waals surface area (Å²) in [5, 5.41) is 12.6. The highest BCUT2D eigenvalue weighted by Gasteiger charge is 2.24. The van der Waals surface area contributed by atoms with Gasteiger partial charge in [0.1, 0.15) is 0 Å². The number of benzene rings is 1. The SMILES string of the molecule is Cc1ccc(Cl)c(NC(=O)N2CC[C@H](O)C2)c1. The Bertz CT molecular complexity index is 437. The van der Waals surface area contributed by atoms with Gasteiger partial charge in [0.25, 0.3) is 0 Å². The number of anilines is 1. The van der Waals surface area contributed by atoms with Crippen molar-refractivity contribution < 1.29 is 9.90 Å². The molecule has 0 spiro atoms. The van der Waals surface area contributed by atoms with Crippen LogP contribution < -0.4 is 5.32 Å². The Hall–Kier alpha value is -1.26. The van der Waals surface area contributed by atoms with Crippen molar-refractivity contribution in [2.45, 2.75) is 19.4 Å². The van der Waals surface area contributed by atoms with Crippen LogP contribution in [0.4, 0.5) is 10.5 Å². The summed E-state index contributed by atoms with van der Waals surface area (Å²) in [6, 6.07) is 5.25. The number of amides is 2. The van der Waals surface area contributed by atoms with Crippen LogP contribution in [0, 0.1) is 6.92 Å². The van der Waals surface area contributed by atoms with Crippen LogP contribution in [0.2, 0.25) is 5.02 Å². The van der Waals surface area contributed by atoms with E-state index in [2.05, 4.69) is 5.32 Å². The van der Waals surface area contributed by atoms with Crippen LogP contribution in [0.5, 0.6) is 0 Å². The summed E-state index contributed by atoms with van der Waals surface area (Å²) in [6.45, 7) is 2.90. The normalized spacial score (nSPS) is 19.5. The van der Waals surface area contributed by atoms with E-state index >= 15 is 0 Å². The predicted molar refractivity (Wildman–Crippen MR) is 67.4 cm³/mol. The summed E-state index contributed by atoms with van der Waals surface area (Å²) >= 11 is 5.99. The zero-order valence-corrected chi connectivity index (χ0v) is 10.4. The number of nitrogens with zero attached hydrogens (tertiary/aromatic N) is 1. The number of carbonyl (C=O) groups excluding carboxylic acids is 1. The Kier molecular flexibility index (Phi) is 3.54. The second-order valence-electron chi connectivity index (χ2n) is 4.30. The molecule has 1 aliphatic rings. The maximum absolute atomic E-state index is 11.9. The standard InChI is InChI=1S/C12H15ClN2O2/c1-8-2-3-10(13)11(6-8)14-12(17)15-5-4-9(16)7-15/h2-3,6,9,16H,4-5,7H2,1H3,(H,14,17)/t9-/m0/s1. The van der Waals surface area contributed by atoms with Crippen LogP contribution in [0.25, 0.3) is 0 Å². The molecule has 1 atom stereocenters. The van der Waals surface area contributed by atoms with Gasteiger partial charge in [-0.2, -0.15) is 0 Å². The number of carbonyl (C=O) groups is 1. The fourth-order valence-electron chi connectivity index (χ4n) is 1.86. The number of aryl methyl sites for hydroxylation is 1. The van der Waals surface area contributed by atoms with Crippen LogP contribution in [0.15, 0.2) is 18.2 Å². The predicted octanol–water partition coefficient (Wildman–Crippen LogP) is 2.25. The van der Waals surface area contributed by atoms with Gasteiger partial charge in [-0.25, -0.2) is 4.79 Å². The molecule has 2 N–H and O–H groups in total. The minimum Gasteiger partial charge on any atom is -0.391 e. The summed E-state index contributed by atoms with van der Waals surface area (Å²) in [5.41, 5.74) is 1.64. The van der Waals surface area contributed by atoms with Crippen molar-refractivity contribution in [1.29, 1.82) is 0 Å². The monoisotopic (exact) mass is 254 g/mol. The first-order chi connectivity index (χ1) is 8.06. The van der Waals surface area contributed by atoms with E-state index in [9.17, 15) is 9.90 Å². The maximum atomic E-state index is 11.9. The second-order valence-corrected chi connectivity index (χ2v) is 4.71. The molecule has 2 rings (SSSR count). The first-order valence-electron chi connectivity index (χ1n) is 5.56. The van der Waals surface area contributed by atoms with Crippen molar-refractivity contribution >= 4 is 23.3 Å². The van der Waals surface area contributed by atoms with Crippen LogP contribution >= 0.6 is 11.6 Å². The van der Waals surface area contributed by atoms with E-state index in [1.807, 2.05) is 19.1 Å². The molecule has 1 fully saturated rings. The molecule has 0 saturated carbocycles. The number of halogens is 1. The highest BCUT2D eigenvalue weighted by molar-refractivity contribution is 6.33. The van der Waals surface area contributed by atoms with E-state index < -0.39 is 6.10 Å². The molecule has 0 aromatic heterocycles. The van der Waals surface area contributed by atoms with E-state index in [1.165, 1.54) is 0 Å². The van der Waals surface area contributed by atoms with Crippen molar-refractivity contribution in [2.75, 3.05) is 18.4 Å². The molecule has 1 heterocycles. The number of urea groups is 1. The molecule has 0 radical (unpaired) electrons. The van der Waals surface area contributed by atoms with Gasteiger partial charge in [-0.3, -0.25) is 0 Å². The summed E-state index contributed by atoms with van der Waals surface area (Å²) in [6.07, 6.45) is 0.225. The van der Waals surface area contributed by atoms with Gasteiger partial charge in [0.2, 0.25) is 0 Å². The molecule has 4 nitrogen and oxygen atoms in total. The number of β-amino-alcohol motifs (C(OH)–C–C–N with tert-alkyl or cyclic N) is 1. The molecule has 0 unspecified atom stereocenters. The smallest absolute Gasteiger partial charge is 0.321 e. The number of aliphatic hydroxyl groups excluding tert-OH is 1. The summed E-state index contributed by atoms with van der Waals surface area (Å²) < 4.78 is 0. The first-order valence-corrected chi connectivity index (χ1v) is 5.94. The van der Waals surface area contributed by atoms with E-state index in [0.717, 1.165) is 5.56 Å². The minimum absolute atomic E-state index is 0.214. The zero-order chi connectivity index (χ0) is 12.4. The molecule has 1 saturated heterocycles. The van der Waals surface area contributed by atoms with Crippen molar-refractivity contribution in [3.63, 3.8) is 0 Å². The van der Waals surface area contributed by atoms with Gasteiger partial charge in [-0.15, -0.1) is 0 Å². The van der Waals surface area contributed by atoms with Crippen LogP contribution in [-0.2, 0) is 0 Å². The van der Waals surface area contributed by atoms with E-state index in [4.69, 9.17) is 11.6 Å². The number of nitrogens with one attached hydrogen (secondary N) is 1. The molecule has 17 heavy (non-hydrogen) atoms. The summed E-state index contributed by atoms with van der Waals surface area (Å²) in [4.78, 5) is 13.5. The lowest BCUT2D eigenvalue weighted by Crippen LogP contribution is -2.33. The largest absolute Gasteiger partial charge is 0.391 e. The van der Waals surface area contributed by atoms with E-state index in [-0.39, 0.29) is 6.03 Å². The molecular weight excluding hydrogens is 240 g/mol. The third-order valence-electron chi connectivity index (χ3n) is 2.81. The highest BCUT2D eigenvalue weighted by atomic mass is 35.5.